The molecule has 1 aromatic heterocycles. The number of aromatic nitrogens is 2. The fourth-order valence-corrected chi connectivity index (χ4v) is 1.91. The Morgan fingerprint density at radius 3 is 2.42 bits per heavy atom. The Balaban J connectivity index is 2.21. The molecule has 6 heteroatoms. The third-order valence-corrected chi connectivity index (χ3v) is 3.31. The summed E-state index contributed by atoms with van der Waals surface area (Å²) < 4.78 is 0. The Morgan fingerprint density at radius 2 is 1.95 bits per heavy atom. The summed E-state index contributed by atoms with van der Waals surface area (Å²) in [6.07, 6.45) is 4.79. The van der Waals surface area contributed by atoms with Gasteiger partial charge >= 0.3 is 0 Å². The summed E-state index contributed by atoms with van der Waals surface area (Å²) in [6.45, 7) is 0. The Labute approximate surface area is 113 Å². The van der Waals surface area contributed by atoms with Crippen LogP contribution in [-0.2, 0) is 4.79 Å². The first-order chi connectivity index (χ1) is 8.99. The number of hydrogen-bond acceptors (Lipinski definition) is 5. The summed E-state index contributed by atoms with van der Waals surface area (Å²) in [5.41, 5.74) is 0.674. The van der Waals surface area contributed by atoms with Crippen LogP contribution in [0.4, 0.5) is 17.5 Å². The summed E-state index contributed by atoms with van der Waals surface area (Å²) in [5, 5.41) is 2.94. The molecule has 104 valence electrons. The number of carbonyl (C=O) groups excluding carboxylic acids is 1. The van der Waals surface area contributed by atoms with Crippen molar-refractivity contribution in [2.75, 3.05) is 43.3 Å². The maximum absolute atomic E-state index is 12.0. The van der Waals surface area contributed by atoms with Gasteiger partial charge in [-0.15, -0.1) is 0 Å². The third kappa shape index (κ3) is 2.94. The van der Waals surface area contributed by atoms with E-state index in [1.54, 1.807) is 6.20 Å². The summed E-state index contributed by atoms with van der Waals surface area (Å²) in [7, 11) is 7.59. The van der Waals surface area contributed by atoms with E-state index in [1.807, 2.05) is 38.0 Å². The molecule has 1 aromatic rings. The van der Waals surface area contributed by atoms with E-state index in [0.29, 0.717) is 11.6 Å². The number of carbonyl (C=O) groups is 1. The van der Waals surface area contributed by atoms with Crippen LogP contribution in [0.1, 0.15) is 19.3 Å². The molecule has 1 N–H and O–H groups in total. The van der Waals surface area contributed by atoms with Gasteiger partial charge in [-0.25, -0.2) is 4.98 Å². The average Bonchev–Trinajstić information content (AvgIpc) is 2.26. The highest BCUT2D eigenvalue weighted by molar-refractivity contribution is 5.95. The summed E-state index contributed by atoms with van der Waals surface area (Å²) in [5.74, 6) is 1.59. The van der Waals surface area contributed by atoms with E-state index in [-0.39, 0.29) is 11.8 Å². The molecule has 0 radical (unpaired) electrons. The quantitative estimate of drug-likeness (QED) is 0.888. The van der Waals surface area contributed by atoms with Crippen LogP contribution in [0.15, 0.2) is 6.20 Å². The van der Waals surface area contributed by atoms with Crippen LogP contribution in [0.25, 0.3) is 0 Å². The van der Waals surface area contributed by atoms with Gasteiger partial charge < -0.3 is 15.1 Å². The minimum atomic E-state index is 0.0792. The van der Waals surface area contributed by atoms with Gasteiger partial charge in [0.1, 0.15) is 5.69 Å². The van der Waals surface area contributed by atoms with E-state index in [1.165, 1.54) is 0 Å². The van der Waals surface area contributed by atoms with Crippen LogP contribution >= 0.6 is 0 Å². The Kier molecular flexibility index (Phi) is 3.87. The van der Waals surface area contributed by atoms with Crippen molar-refractivity contribution in [3.8, 4) is 0 Å². The molecule has 1 amide bonds. The minimum Gasteiger partial charge on any atom is -0.361 e. The molecule has 0 aromatic carbocycles. The molecule has 2 rings (SSSR count). The number of rotatable bonds is 4. The Hall–Kier alpha value is -1.85. The summed E-state index contributed by atoms with van der Waals surface area (Å²) in [4.78, 5) is 24.4. The fourth-order valence-electron chi connectivity index (χ4n) is 1.91. The first kappa shape index (κ1) is 13.6. The summed E-state index contributed by atoms with van der Waals surface area (Å²) >= 11 is 0. The molecule has 0 unspecified atom stereocenters. The van der Waals surface area contributed by atoms with Gasteiger partial charge in [0.25, 0.3) is 0 Å². The van der Waals surface area contributed by atoms with E-state index in [0.717, 1.165) is 25.1 Å². The monoisotopic (exact) mass is 263 g/mol. The lowest BCUT2D eigenvalue weighted by Gasteiger charge is -2.25. The van der Waals surface area contributed by atoms with Gasteiger partial charge in [-0.05, 0) is 12.8 Å². The van der Waals surface area contributed by atoms with Gasteiger partial charge in [-0.1, -0.05) is 6.42 Å². The molecular weight excluding hydrogens is 242 g/mol. The highest BCUT2D eigenvalue weighted by Gasteiger charge is 2.26. The second kappa shape index (κ2) is 5.42. The van der Waals surface area contributed by atoms with Gasteiger partial charge in [-0.2, -0.15) is 4.98 Å². The maximum atomic E-state index is 12.0. The second-order valence-corrected chi connectivity index (χ2v) is 5.31. The molecule has 1 saturated carbocycles. The highest BCUT2D eigenvalue weighted by Crippen LogP contribution is 2.29. The molecule has 6 nitrogen and oxygen atoms in total. The van der Waals surface area contributed by atoms with Crippen molar-refractivity contribution in [3.63, 3.8) is 0 Å². The van der Waals surface area contributed by atoms with E-state index in [4.69, 9.17) is 0 Å². The zero-order valence-corrected chi connectivity index (χ0v) is 12.0. The van der Waals surface area contributed by atoms with Crippen molar-refractivity contribution in [1.82, 2.24) is 9.97 Å². The molecule has 0 atom stereocenters. The molecule has 0 bridgehead atoms. The van der Waals surface area contributed by atoms with Gasteiger partial charge in [0.15, 0.2) is 5.82 Å². The van der Waals surface area contributed by atoms with Crippen molar-refractivity contribution in [2.24, 2.45) is 5.92 Å². The highest BCUT2D eigenvalue weighted by atomic mass is 16.1. The fraction of sp³-hybridized carbons (Fsp3) is 0.615. The predicted molar refractivity (Wildman–Crippen MR) is 76.7 cm³/mol. The molecule has 1 fully saturated rings. The standard InChI is InChI=1S/C13H21N5O/c1-17(2)11-10(8-14-13(16-11)18(3)4)15-12(19)9-6-5-7-9/h8-9H,5-7H2,1-4H3,(H,15,19). The maximum Gasteiger partial charge on any atom is 0.227 e. The van der Waals surface area contributed by atoms with E-state index < -0.39 is 0 Å². The first-order valence-electron chi connectivity index (χ1n) is 6.51. The van der Waals surface area contributed by atoms with Crippen LogP contribution in [0.3, 0.4) is 0 Å². The van der Waals surface area contributed by atoms with Crippen molar-refractivity contribution in [1.29, 1.82) is 0 Å². The summed E-state index contributed by atoms with van der Waals surface area (Å²) in [6, 6.07) is 0. The molecule has 1 heterocycles. The number of amides is 1. The average molecular weight is 263 g/mol. The lowest BCUT2D eigenvalue weighted by Crippen LogP contribution is -2.29. The molecule has 0 saturated heterocycles. The van der Waals surface area contributed by atoms with Crippen molar-refractivity contribution in [2.45, 2.75) is 19.3 Å². The first-order valence-corrected chi connectivity index (χ1v) is 6.51. The van der Waals surface area contributed by atoms with Crippen LogP contribution in [0, 0.1) is 5.92 Å². The molecule has 1 aliphatic carbocycles. The van der Waals surface area contributed by atoms with Crippen molar-refractivity contribution >= 4 is 23.4 Å². The zero-order chi connectivity index (χ0) is 14.0. The largest absolute Gasteiger partial charge is 0.361 e. The molecule has 19 heavy (non-hydrogen) atoms. The minimum absolute atomic E-state index is 0.0792. The third-order valence-electron chi connectivity index (χ3n) is 3.31. The van der Waals surface area contributed by atoms with Crippen molar-refractivity contribution < 1.29 is 4.79 Å². The second-order valence-electron chi connectivity index (χ2n) is 5.31. The lowest BCUT2D eigenvalue weighted by atomic mass is 9.85. The van der Waals surface area contributed by atoms with Gasteiger partial charge in [0.2, 0.25) is 11.9 Å². The van der Waals surface area contributed by atoms with Crippen LogP contribution < -0.4 is 15.1 Å². The van der Waals surface area contributed by atoms with Gasteiger partial charge in [0, 0.05) is 34.1 Å². The Bertz CT molecular complexity index is 468. The zero-order valence-electron chi connectivity index (χ0n) is 12.0. The lowest BCUT2D eigenvalue weighted by molar-refractivity contribution is -0.122. The van der Waals surface area contributed by atoms with Crippen LogP contribution in [-0.4, -0.2) is 44.1 Å². The molecular formula is C13H21N5O. The van der Waals surface area contributed by atoms with E-state index in [2.05, 4.69) is 15.3 Å². The SMILES string of the molecule is CN(C)c1ncc(NC(=O)C2CCC2)c(N(C)C)n1. The Morgan fingerprint density at radius 1 is 1.26 bits per heavy atom. The van der Waals surface area contributed by atoms with Crippen LogP contribution in [0.5, 0.6) is 0 Å². The van der Waals surface area contributed by atoms with Crippen LogP contribution in [0.2, 0.25) is 0 Å². The van der Waals surface area contributed by atoms with Crippen molar-refractivity contribution in [3.05, 3.63) is 6.20 Å². The number of nitrogens with zero attached hydrogens (tertiary/aromatic N) is 4. The smallest absolute Gasteiger partial charge is 0.227 e. The predicted octanol–water partition coefficient (Wildman–Crippen LogP) is 1.35. The number of anilines is 3. The molecule has 1 aliphatic rings. The van der Waals surface area contributed by atoms with Gasteiger partial charge in [-0.3, -0.25) is 4.79 Å². The number of nitrogens with one attached hydrogen (secondary N) is 1. The molecule has 0 aliphatic heterocycles. The molecule has 0 spiro atoms. The van der Waals surface area contributed by atoms with E-state index >= 15 is 0 Å². The number of hydrogen-bond donors (Lipinski definition) is 1. The van der Waals surface area contributed by atoms with E-state index in [9.17, 15) is 4.79 Å². The normalized spacial score (nSPS) is 14.7. The topological polar surface area (TPSA) is 61.4 Å². The van der Waals surface area contributed by atoms with Gasteiger partial charge in [0.05, 0.1) is 6.20 Å².